The molecule has 0 unspecified atom stereocenters. The molecule has 10 heteroatoms. The van der Waals surface area contributed by atoms with Gasteiger partial charge in [0.2, 0.25) is 5.91 Å². The number of anilines is 1. The smallest absolute Gasteiger partial charge is 0.318 e. The second-order valence-corrected chi connectivity index (χ2v) is 8.63. The number of aryl methyl sites for hydroxylation is 1. The SMILES string of the molecule is COc1cccc(CCC(=O)Nc2sc3c(c2C#N)CCN(C(=O)NCc2ccno2)C3)c1. The van der Waals surface area contributed by atoms with E-state index in [0.29, 0.717) is 42.3 Å². The van der Waals surface area contributed by atoms with Gasteiger partial charge in [0.1, 0.15) is 16.8 Å². The summed E-state index contributed by atoms with van der Waals surface area (Å²) in [6, 6.07) is 11.3. The second-order valence-electron chi connectivity index (χ2n) is 7.53. The molecule has 1 aliphatic rings. The molecule has 1 aliphatic heterocycles. The predicted molar refractivity (Wildman–Crippen MR) is 122 cm³/mol. The summed E-state index contributed by atoms with van der Waals surface area (Å²) >= 11 is 1.35. The number of hydrogen-bond acceptors (Lipinski definition) is 7. The van der Waals surface area contributed by atoms with Crippen LogP contribution in [0.2, 0.25) is 0 Å². The van der Waals surface area contributed by atoms with Gasteiger partial charge in [0.25, 0.3) is 0 Å². The van der Waals surface area contributed by atoms with E-state index in [1.807, 2.05) is 24.3 Å². The maximum absolute atomic E-state index is 12.6. The summed E-state index contributed by atoms with van der Waals surface area (Å²) in [5.41, 5.74) is 2.40. The minimum atomic E-state index is -0.215. The standard InChI is InChI=1S/C23H23N5O4S/c1-31-16-4-2-3-15(11-16)5-6-21(29)27-22-19(12-24)18-8-10-28(14-20(18)33-22)23(30)25-13-17-7-9-26-32-17/h2-4,7,9,11H,5-6,8,10,13-14H2,1H3,(H,25,30)(H,27,29). The average molecular weight is 466 g/mol. The molecular weight excluding hydrogens is 442 g/mol. The average Bonchev–Trinajstić information content (AvgIpc) is 3.48. The van der Waals surface area contributed by atoms with Crippen molar-refractivity contribution in [3.63, 3.8) is 0 Å². The number of thiophene rings is 1. The summed E-state index contributed by atoms with van der Waals surface area (Å²) in [6.45, 7) is 1.13. The Balaban J connectivity index is 1.37. The summed E-state index contributed by atoms with van der Waals surface area (Å²) in [5, 5.41) is 19.6. The lowest BCUT2D eigenvalue weighted by molar-refractivity contribution is -0.116. The van der Waals surface area contributed by atoms with Crippen LogP contribution in [0, 0.1) is 11.3 Å². The van der Waals surface area contributed by atoms with Crippen molar-refractivity contribution >= 4 is 28.3 Å². The predicted octanol–water partition coefficient (Wildman–Crippen LogP) is 3.46. The van der Waals surface area contributed by atoms with Gasteiger partial charge in [-0.3, -0.25) is 4.79 Å². The number of benzene rings is 1. The van der Waals surface area contributed by atoms with Crippen LogP contribution in [0.25, 0.3) is 0 Å². The van der Waals surface area contributed by atoms with E-state index >= 15 is 0 Å². The number of aromatic nitrogens is 1. The molecule has 0 fully saturated rings. The quantitative estimate of drug-likeness (QED) is 0.551. The summed E-state index contributed by atoms with van der Waals surface area (Å²) in [4.78, 5) is 27.7. The number of fused-ring (bicyclic) bond motifs is 1. The first kappa shape index (κ1) is 22.4. The van der Waals surface area contributed by atoms with Gasteiger partial charge in [-0.2, -0.15) is 5.26 Å². The van der Waals surface area contributed by atoms with E-state index in [4.69, 9.17) is 9.26 Å². The first-order valence-corrected chi connectivity index (χ1v) is 11.3. The van der Waals surface area contributed by atoms with Crippen molar-refractivity contribution in [3.8, 4) is 11.8 Å². The number of carbonyl (C=O) groups excluding carboxylic acids is 2. The third-order valence-corrected chi connectivity index (χ3v) is 6.52. The fourth-order valence-corrected chi connectivity index (χ4v) is 4.90. The van der Waals surface area contributed by atoms with Crippen LogP contribution in [0.3, 0.4) is 0 Å². The van der Waals surface area contributed by atoms with Crippen molar-refractivity contribution in [2.24, 2.45) is 0 Å². The molecule has 4 rings (SSSR count). The van der Waals surface area contributed by atoms with Crippen molar-refractivity contribution in [2.45, 2.75) is 32.4 Å². The van der Waals surface area contributed by atoms with Crippen LogP contribution in [0.1, 0.15) is 33.7 Å². The Morgan fingerprint density at radius 3 is 3.00 bits per heavy atom. The molecule has 9 nitrogen and oxygen atoms in total. The fourth-order valence-electron chi connectivity index (χ4n) is 3.67. The number of urea groups is 1. The number of hydrogen-bond donors (Lipinski definition) is 2. The molecule has 2 aromatic heterocycles. The van der Waals surface area contributed by atoms with E-state index in [2.05, 4.69) is 21.9 Å². The van der Waals surface area contributed by atoms with Crippen LogP contribution in [0.15, 0.2) is 41.1 Å². The highest BCUT2D eigenvalue weighted by atomic mass is 32.1. The number of carbonyl (C=O) groups is 2. The highest BCUT2D eigenvalue weighted by Gasteiger charge is 2.27. The van der Waals surface area contributed by atoms with Gasteiger partial charge < -0.3 is 24.8 Å². The van der Waals surface area contributed by atoms with Crippen LogP contribution in [-0.2, 0) is 30.7 Å². The normalized spacial score (nSPS) is 12.5. The third-order valence-electron chi connectivity index (χ3n) is 5.39. The molecule has 33 heavy (non-hydrogen) atoms. The number of methoxy groups -OCH3 is 1. The Bertz CT molecular complexity index is 1180. The van der Waals surface area contributed by atoms with E-state index in [0.717, 1.165) is 21.8 Å². The van der Waals surface area contributed by atoms with Crippen molar-refractivity contribution in [2.75, 3.05) is 19.0 Å². The van der Waals surface area contributed by atoms with Crippen LogP contribution in [-0.4, -0.2) is 35.6 Å². The molecule has 0 radical (unpaired) electrons. The van der Waals surface area contributed by atoms with E-state index in [-0.39, 0.29) is 24.9 Å². The Morgan fingerprint density at radius 2 is 2.24 bits per heavy atom. The molecule has 1 aromatic carbocycles. The maximum Gasteiger partial charge on any atom is 0.318 e. The summed E-state index contributed by atoms with van der Waals surface area (Å²) in [7, 11) is 1.61. The molecule has 0 saturated heterocycles. The van der Waals surface area contributed by atoms with E-state index in [9.17, 15) is 14.9 Å². The minimum absolute atomic E-state index is 0.158. The summed E-state index contributed by atoms with van der Waals surface area (Å²) in [6.07, 6.45) is 2.94. The molecular formula is C23H23N5O4S. The highest BCUT2D eigenvalue weighted by molar-refractivity contribution is 7.16. The number of nitriles is 1. The van der Waals surface area contributed by atoms with Crippen molar-refractivity contribution in [1.82, 2.24) is 15.4 Å². The molecule has 0 saturated carbocycles. The molecule has 0 spiro atoms. The maximum atomic E-state index is 12.6. The first-order valence-electron chi connectivity index (χ1n) is 10.5. The Morgan fingerprint density at radius 1 is 1.36 bits per heavy atom. The molecule has 3 aromatic rings. The second kappa shape index (κ2) is 10.2. The van der Waals surface area contributed by atoms with Crippen LogP contribution in [0.5, 0.6) is 5.75 Å². The zero-order valence-electron chi connectivity index (χ0n) is 18.1. The van der Waals surface area contributed by atoms with Crippen molar-refractivity contribution < 1.29 is 18.8 Å². The molecule has 3 heterocycles. The Kier molecular flexibility index (Phi) is 6.90. The van der Waals surface area contributed by atoms with Crippen LogP contribution in [0.4, 0.5) is 9.80 Å². The number of nitrogens with one attached hydrogen (secondary N) is 2. The zero-order valence-corrected chi connectivity index (χ0v) is 18.9. The van der Waals surface area contributed by atoms with Crippen LogP contribution < -0.4 is 15.4 Å². The summed E-state index contributed by atoms with van der Waals surface area (Å²) < 4.78 is 10.2. The lowest BCUT2D eigenvalue weighted by Gasteiger charge is -2.26. The Hall–Kier alpha value is -3.84. The van der Waals surface area contributed by atoms with Gasteiger partial charge in [-0.1, -0.05) is 17.3 Å². The van der Waals surface area contributed by atoms with E-state index < -0.39 is 0 Å². The molecule has 0 atom stereocenters. The van der Waals surface area contributed by atoms with Gasteiger partial charge in [-0.15, -0.1) is 11.3 Å². The van der Waals surface area contributed by atoms with E-state index in [1.165, 1.54) is 17.5 Å². The molecule has 3 amide bonds. The van der Waals surface area contributed by atoms with Gasteiger partial charge in [0.05, 0.1) is 32.0 Å². The lowest BCUT2D eigenvalue weighted by Crippen LogP contribution is -2.42. The van der Waals surface area contributed by atoms with Gasteiger partial charge >= 0.3 is 6.03 Å². The van der Waals surface area contributed by atoms with E-state index in [1.54, 1.807) is 18.1 Å². The van der Waals surface area contributed by atoms with Gasteiger partial charge in [-0.25, -0.2) is 4.79 Å². The van der Waals surface area contributed by atoms with Gasteiger partial charge in [-0.05, 0) is 36.1 Å². The number of nitrogens with zero attached hydrogens (tertiary/aromatic N) is 3. The van der Waals surface area contributed by atoms with Crippen molar-refractivity contribution in [1.29, 1.82) is 5.26 Å². The topological polar surface area (TPSA) is 120 Å². The third kappa shape index (κ3) is 5.32. The highest BCUT2D eigenvalue weighted by Crippen LogP contribution is 2.36. The zero-order chi connectivity index (χ0) is 23.2. The fraction of sp³-hybridized carbons (Fsp3) is 0.304. The largest absolute Gasteiger partial charge is 0.497 e. The summed E-state index contributed by atoms with van der Waals surface area (Å²) in [5.74, 6) is 1.16. The minimum Gasteiger partial charge on any atom is -0.497 e. The van der Waals surface area contributed by atoms with Gasteiger partial charge in [0, 0.05) is 23.9 Å². The molecule has 2 N–H and O–H groups in total. The van der Waals surface area contributed by atoms with Crippen LogP contribution >= 0.6 is 11.3 Å². The monoisotopic (exact) mass is 465 g/mol. The number of amides is 3. The number of rotatable bonds is 7. The molecule has 0 bridgehead atoms. The van der Waals surface area contributed by atoms with Gasteiger partial charge in [0.15, 0.2) is 5.76 Å². The molecule has 170 valence electrons. The lowest BCUT2D eigenvalue weighted by atomic mass is 10.0. The van der Waals surface area contributed by atoms with Crippen molar-refractivity contribution in [3.05, 3.63) is 63.9 Å². The Labute approximate surface area is 194 Å². The number of ether oxygens (including phenoxy) is 1. The first-order chi connectivity index (χ1) is 16.1. The molecule has 0 aliphatic carbocycles.